The van der Waals surface area contributed by atoms with E-state index < -0.39 is 0 Å². The number of piperazine rings is 1. The summed E-state index contributed by atoms with van der Waals surface area (Å²) < 4.78 is 0. The van der Waals surface area contributed by atoms with Gasteiger partial charge < -0.3 is 10.2 Å². The molecule has 2 heterocycles. The van der Waals surface area contributed by atoms with Gasteiger partial charge in [-0.25, -0.2) is 0 Å². The first-order chi connectivity index (χ1) is 12.2. The zero-order valence-electron chi connectivity index (χ0n) is 14.1. The minimum absolute atomic E-state index is 0.0173. The van der Waals surface area contributed by atoms with Crippen LogP contribution in [0, 0.1) is 0 Å². The molecular weight excluding hydrogens is 354 g/mol. The van der Waals surface area contributed by atoms with Gasteiger partial charge in [0.2, 0.25) is 5.91 Å². The second-order valence-corrected chi connectivity index (χ2v) is 7.65. The van der Waals surface area contributed by atoms with Crippen molar-refractivity contribution in [3.63, 3.8) is 0 Å². The minimum Gasteiger partial charge on any atom is -0.335 e. The summed E-state index contributed by atoms with van der Waals surface area (Å²) in [5.41, 5.74) is 0.823. The Labute approximate surface area is 156 Å². The quantitative estimate of drug-likeness (QED) is 0.817. The summed E-state index contributed by atoms with van der Waals surface area (Å²) >= 11 is 3.12. The molecule has 1 N–H and O–H groups in total. The van der Waals surface area contributed by atoms with E-state index in [0.29, 0.717) is 19.6 Å². The number of benzene rings is 1. The number of hydrogen-bond acceptors (Lipinski definition) is 5. The van der Waals surface area contributed by atoms with Crippen molar-refractivity contribution in [1.29, 1.82) is 0 Å². The lowest BCUT2D eigenvalue weighted by atomic mass is 10.2. The molecule has 1 aromatic carbocycles. The molecule has 5 nitrogen and oxygen atoms in total. The second-order valence-electron chi connectivity index (χ2n) is 5.83. The Morgan fingerprint density at radius 2 is 1.96 bits per heavy atom. The van der Waals surface area contributed by atoms with Crippen LogP contribution in [-0.2, 0) is 4.79 Å². The van der Waals surface area contributed by atoms with Gasteiger partial charge in [-0.05, 0) is 35.9 Å². The highest BCUT2D eigenvalue weighted by molar-refractivity contribution is 7.98. The SMILES string of the molecule is CSc1cccc(NC(=O)CN2CCN(C(=O)c3cccs3)CC2)c1. The van der Waals surface area contributed by atoms with Crippen LogP contribution in [0.2, 0.25) is 0 Å². The van der Waals surface area contributed by atoms with Gasteiger partial charge in [0.05, 0.1) is 11.4 Å². The molecular formula is C18H21N3O2S2. The highest BCUT2D eigenvalue weighted by Gasteiger charge is 2.23. The van der Waals surface area contributed by atoms with Crippen LogP contribution in [-0.4, -0.2) is 60.6 Å². The van der Waals surface area contributed by atoms with Crippen molar-refractivity contribution in [3.8, 4) is 0 Å². The Bertz CT molecular complexity index is 726. The molecule has 2 amide bonds. The summed E-state index contributed by atoms with van der Waals surface area (Å²) in [6.45, 7) is 3.10. The van der Waals surface area contributed by atoms with E-state index in [-0.39, 0.29) is 11.8 Å². The maximum Gasteiger partial charge on any atom is 0.264 e. The molecule has 25 heavy (non-hydrogen) atoms. The van der Waals surface area contributed by atoms with Crippen molar-refractivity contribution < 1.29 is 9.59 Å². The predicted octanol–water partition coefficient (Wildman–Crippen LogP) is 2.87. The number of thiophene rings is 1. The summed E-state index contributed by atoms with van der Waals surface area (Å²) in [7, 11) is 0. The Morgan fingerprint density at radius 1 is 1.16 bits per heavy atom. The molecule has 0 radical (unpaired) electrons. The monoisotopic (exact) mass is 375 g/mol. The third-order valence-corrected chi connectivity index (χ3v) is 5.70. The summed E-state index contributed by atoms with van der Waals surface area (Å²) in [4.78, 5) is 30.4. The Kier molecular flexibility index (Phi) is 6.12. The highest BCUT2D eigenvalue weighted by atomic mass is 32.2. The smallest absolute Gasteiger partial charge is 0.264 e. The number of carbonyl (C=O) groups is 2. The molecule has 0 saturated carbocycles. The summed E-state index contributed by atoms with van der Waals surface area (Å²) in [5, 5.41) is 4.86. The topological polar surface area (TPSA) is 52.7 Å². The number of carbonyl (C=O) groups excluding carboxylic acids is 2. The van der Waals surface area contributed by atoms with Crippen molar-refractivity contribution in [2.45, 2.75) is 4.90 Å². The lowest BCUT2D eigenvalue weighted by Crippen LogP contribution is -2.50. The molecule has 7 heteroatoms. The zero-order valence-corrected chi connectivity index (χ0v) is 15.7. The second kappa shape index (κ2) is 8.51. The molecule has 132 valence electrons. The minimum atomic E-state index is -0.0173. The highest BCUT2D eigenvalue weighted by Crippen LogP contribution is 2.19. The fourth-order valence-corrected chi connectivity index (χ4v) is 3.92. The van der Waals surface area contributed by atoms with Crippen LogP contribution in [0.4, 0.5) is 5.69 Å². The average molecular weight is 376 g/mol. The van der Waals surface area contributed by atoms with Crippen molar-refractivity contribution in [2.24, 2.45) is 0 Å². The number of rotatable bonds is 5. The van der Waals surface area contributed by atoms with Crippen LogP contribution in [0.3, 0.4) is 0 Å². The number of anilines is 1. The average Bonchev–Trinajstić information content (AvgIpc) is 3.16. The summed E-state index contributed by atoms with van der Waals surface area (Å²) in [6, 6.07) is 11.6. The van der Waals surface area contributed by atoms with Gasteiger partial charge in [0.1, 0.15) is 0 Å². The first kappa shape index (κ1) is 18.0. The molecule has 1 aliphatic rings. The molecule has 1 aromatic heterocycles. The molecule has 0 spiro atoms. The Morgan fingerprint density at radius 3 is 2.64 bits per heavy atom. The Hall–Kier alpha value is -1.83. The van der Waals surface area contributed by atoms with E-state index in [0.717, 1.165) is 28.5 Å². The maximum atomic E-state index is 12.3. The fourth-order valence-electron chi connectivity index (χ4n) is 2.77. The lowest BCUT2D eigenvalue weighted by molar-refractivity contribution is -0.117. The van der Waals surface area contributed by atoms with E-state index in [1.807, 2.05) is 52.9 Å². The van der Waals surface area contributed by atoms with E-state index in [2.05, 4.69) is 10.2 Å². The van der Waals surface area contributed by atoms with Crippen LogP contribution in [0.5, 0.6) is 0 Å². The van der Waals surface area contributed by atoms with Crippen LogP contribution < -0.4 is 5.32 Å². The number of hydrogen-bond donors (Lipinski definition) is 1. The number of nitrogens with zero attached hydrogens (tertiary/aromatic N) is 2. The molecule has 0 atom stereocenters. The van der Waals surface area contributed by atoms with Crippen LogP contribution >= 0.6 is 23.1 Å². The van der Waals surface area contributed by atoms with Gasteiger partial charge in [0.15, 0.2) is 0 Å². The van der Waals surface area contributed by atoms with Gasteiger partial charge in [-0.15, -0.1) is 23.1 Å². The molecule has 1 aliphatic heterocycles. The van der Waals surface area contributed by atoms with E-state index in [1.165, 1.54) is 11.3 Å². The molecule has 0 bridgehead atoms. The largest absolute Gasteiger partial charge is 0.335 e. The van der Waals surface area contributed by atoms with E-state index >= 15 is 0 Å². The van der Waals surface area contributed by atoms with Crippen LogP contribution in [0.1, 0.15) is 9.67 Å². The van der Waals surface area contributed by atoms with Gasteiger partial charge in [0, 0.05) is 36.8 Å². The van der Waals surface area contributed by atoms with Gasteiger partial charge in [0.25, 0.3) is 5.91 Å². The third-order valence-electron chi connectivity index (χ3n) is 4.11. The number of nitrogens with one attached hydrogen (secondary N) is 1. The van der Waals surface area contributed by atoms with Crippen molar-refractivity contribution in [2.75, 3.05) is 44.3 Å². The van der Waals surface area contributed by atoms with Gasteiger partial charge in [-0.1, -0.05) is 12.1 Å². The summed E-state index contributed by atoms with van der Waals surface area (Å²) in [6.07, 6.45) is 2.01. The molecule has 1 fully saturated rings. The maximum absolute atomic E-state index is 12.3. The van der Waals surface area contributed by atoms with Crippen molar-refractivity contribution in [1.82, 2.24) is 9.80 Å². The molecule has 0 unspecified atom stereocenters. The fraction of sp³-hybridized carbons (Fsp3) is 0.333. The molecule has 1 saturated heterocycles. The molecule has 3 rings (SSSR count). The van der Waals surface area contributed by atoms with Crippen LogP contribution in [0.15, 0.2) is 46.7 Å². The molecule has 2 aromatic rings. The van der Waals surface area contributed by atoms with Gasteiger partial charge >= 0.3 is 0 Å². The predicted molar refractivity (Wildman–Crippen MR) is 104 cm³/mol. The zero-order chi connectivity index (χ0) is 17.6. The number of thioether (sulfide) groups is 1. The normalized spacial score (nSPS) is 15.2. The first-order valence-electron chi connectivity index (χ1n) is 8.15. The van der Waals surface area contributed by atoms with Crippen molar-refractivity contribution >= 4 is 40.6 Å². The van der Waals surface area contributed by atoms with Gasteiger partial charge in [-0.2, -0.15) is 0 Å². The van der Waals surface area contributed by atoms with E-state index in [1.54, 1.807) is 11.8 Å². The van der Waals surface area contributed by atoms with Crippen LogP contribution in [0.25, 0.3) is 0 Å². The third kappa shape index (κ3) is 4.84. The summed E-state index contributed by atoms with van der Waals surface area (Å²) in [5.74, 6) is 0.0734. The number of amides is 2. The Balaban J connectivity index is 1.47. The first-order valence-corrected chi connectivity index (χ1v) is 10.2. The lowest BCUT2D eigenvalue weighted by Gasteiger charge is -2.34. The van der Waals surface area contributed by atoms with Gasteiger partial charge in [-0.3, -0.25) is 14.5 Å². The molecule has 0 aliphatic carbocycles. The standard InChI is InChI=1S/C18H21N3O2S2/c1-24-15-5-2-4-14(12-15)19-17(22)13-20-7-9-21(10-8-20)18(23)16-6-3-11-25-16/h2-6,11-12H,7-10,13H2,1H3,(H,19,22). The van der Waals surface area contributed by atoms with Crippen molar-refractivity contribution in [3.05, 3.63) is 46.7 Å². The van der Waals surface area contributed by atoms with E-state index in [4.69, 9.17) is 0 Å². The van der Waals surface area contributed by atoms with E-state index in [9.17, 15) is 9.59 Å².